The van der Waals surface area contributed by atoms with Crippen molar-refractivity contribution in [2.24, 2.45) is 0 Å². The SMILES string of the molecule is Cc1nc2c(Oc3ccccc3)c(Br)ccc2s1. The van der Waals surface area contributed by atoms with E-state index in [2.05, 4.69) is 27.0 Å². The van der Waals surface area contributed by atoms with Gasteiger partial charge < -0.3 is 4.74 Å². The number of para-hydroxylation sites is 1. The highest BCUT2D eigenvalue weighted by Gasteiger charge is 2.12. The van der Waals surface area contributed by atoms with Gasteiger partial charge in [-0.1, -0.05) is 18.2 Å². The van der Waals surface area contributed by atoms with Crippen LogP contribution in [0.5, 0.6) is 11.5 Å². The van der Waals surface area contributed by atoms with Crippen LogP contribution >= 0.6 is 27.3 Å². The quantitative estimate of drug-likeness (QED) is 0.651. The van der Waals surface area contributed by atoms with Crippen LogP contribution < -0.4 is 4.74 Å². The molecule has 18 heavy (non-hydrogen) atoms. The fourth-order valence-electron chi connectivity index (χ4n) is 1.76. The van der Waals surface area contributed by atoms with Gasteiger partial charge in [0.2, 0.25) is 0 Å². The summed E-state index contributed by atoms with van der Waals surface area (Å²) >= 11 is 5.20. The molecule has 0 aliphatic rings. The highest BCUT2D eigenvalue weighted by Crippen LogP contribution is 2.38. The number of ether oxygens (including phenoxy) is 1. The Labute approximate surface area is 117 Å². The van der Waals surface area contributed by atoms with Gasteiger partial charge in [-0.3, -0.25) is 0 Å². The average molecular weight is 320 g/mol. The highest BCUT2D eigenvalue weighted by atomic mass is 79.9. The molecule has 0 saturated heterocycles. The minimum atomic E-state index is 0.781. The topological polar surface area (TPSA) is 22.1 Å². The van der Waals surface area contributed by atoms with E-state index in [1.54, 1.807) is 11.3 Å². The minimum Gasteiger partial charge on any atom is -0.454 e. The smallest absolute Gasteiger partial charge is 0.168 e. The van der Waals surface area contributed by atoms with Crippen LogP contribution in [-0.2, 0) is 0 Å². The Morgan fingerprint density at radius 1 is 1.11 bits per heavy atom. The summed E-state index contributed by atoms with van der Waals surface area (Å²) < 4.78 is 7.99. The minimum absolute atomic E-state index is 0.781. The summed E-state index contributed by atoms with van der Waals surface area (Å²) in [4.78, 5) is 4.53. The fourth-order valence-corrected chi connectivity index (χ4v) is 2.99. The summed E-state index contributed by atoms with van der Waals surface area (Å²) in [5, 5.41) is 1.04. The number of aryl methyl sites for hydroxylation is 1. The van der Waals surface area contributed by atoms with Crippen molar-refractivity contribution in [1.29, 1.82) is 0 Å². The molecule has 0 amide bonds. The Balaban J connectivity index is 2.13. The lowest BCUT2D eigenvalue weighted by Gasteiger charge is -2.08. The number of nitrogens with zero attached hydrogens (tertiary/aromatic N) is 1. The van der Waals surface area contributed by atoms with Crippen LogP contribution in [0.4, 0.5) is 0 Å². The van der Waals surface area contributed by atoms with Gasteiger partial charge in [0, 0.05) is 0 Å². The number of benzene rings is 2. The molecule has 0 bridgehead atoms. The second kappa shape index (κ2) is 4.71. The number of aromatic nitrogens is 1. The number of rotatable bonds is 2. The number of halogens is 1. The lowest BCUT2D eigenvalue weighted by molar-refractivity contribution is 0.484. The Morgan fingerprint density at radius 2 is 1.89 bits per heavy atom. The van der Waals surface area contributed by atoms with Gasteiger partial charge in [0.25, 0.3) is 0 Å². The molecule has 1 aromatic heterocycles. The first-order valence-electron chi connectivity index (χ1n) is 5.52. The molecule has 2 nitrogen and oxygen atoms in total. The van der Waals surface area contributed by atoms with Crippen LogP contribution in [-0.4, -0.2) is 4.98 Å². The summed E-state index contributed by atoms with van der Waals surface area (Å²) in [6.07, 6.45) is 0. The Bertz CT molecular complexity index is 694. The van der Waals surface area contributed by atoms with Crippen molar-refractivity contribution >= 4 is 37.5 Å². The Morgan fingerprint density at radius 3 is 2.67 bits per heavy atom. The third-order valence-corrected chi connectivity index (χ3v) is 4.10. The maximum atomic E-state index is 5.93. The molecular weight excluding hydrogens is 310 g/mol. The zero-order valence-corrected chi connectivity index (χ0v) is 12.1. The van der Waals surface area contributed by atoms with Gasteiger partial charge in [0.1, 0.15) is 11.3 Å². The fraction of sp³-hybridized carbons (Fsp3) is 0.0714. The third kappa shape index (κ3) is 2.13. The van der Waals surface area contributed by atoms with Crippen molar-refractivity contribution in [2.75, 3.05) is 0 Å². The number of thiazole rings is 1. The molecule has 0 N–H and O–H groups in total. The molecule has 2 aromatic carbocycles. The van der Waals surface area contributed by atoms with E-state index in [0.29, 0.717) is 0 Å². The highest BCUT2D eigenvalue weighted by molar-refractivity contribution is 9.10. The molecule has 3 aromatic rings. The summed E-state index contributed by atoms with van der Waals surface area (Å²) in [5.41, 5.74) is 0.913. The molecule has 1 heterocycles. The van der Waals surface area contributed by atoms with E-state index in [1.807, 2.05) is 43.3 Å². The van der Waals surface area contributed by atoms with Crippen molar-refractivity contribution in [2.45, 2.75) is 6.92 Å². The first-order chi connectivity index (χ1) is 8.74. The van der Waals surface area contributed by atoms with Crippen molar-refractivity contribution in [3.05, 3.63) is 51.9 Å². The lowest BCUT2D eigenvalue weighted by atomic mass is 10.3. The molecule has 4 heteroatoms. The van der Waals surface area contributed by atoms with Gasteiger partial charge >= 0.3 is 0 Å². The van der Waals surface area contributed by atoms with Crippen LogP contribution in [0.2, 0.25) is 0 Å². The summed E-state index contributed by atoms with van der Waals surface area (Å²) in [6, 6.07) is 13.8. The van der Waals surface area contributed by atoms with Gasteiger partial charge in [0.05, 0.1) is 14.2 Å². The summed E-state index contributed by atoms with van der Waals surface area (Å²) in [5.74, 6) is 1.60. The Kier molecular flexibility index (Phi) is 3.06. The number of hydrogen-bond acceptors (Lipinski definition) is 3. The first-order valence-corrected chi connectivity index (χ1v) is 7.13. The molecule has 0 atom stereocenters. The molecule has 0 aliphatic heterocycles. The van der Waals surface area contributed by atoms with E-state index in [9.17, 15) is 0 Å². The van der Waals surface area contributed by atoms with Crippen LogP contribution in [0.25, 0.3) is 10.2 Å². The van der Waals surface area contributed by atoms with E-state index >= 15 is 0 Å². The molecular formula is C14H10BrNOS. The third-order valence-electron chi connectivity index (χ3n) is 2.54. The van der Waals surface area contributed by atoms with E-state index < -0.39 is 0 Å². The van der Waals surface area contributed by atoms with Crippen LogP contribution in [0.15, 0.2) is 46.9 Å². The number of fused-ring (bicyclic) bond motifs is 1. The largest absolute Gasteiger partial charge is 0.454 e. The standard InChI is InChI=1S/C14H10BrNOS/c1-9-16-13-12(18-9)8-7-11(15)14(13)17-10-5-3-2-4-6-10/h2-8H,1H3. The van der Waals surface area contributed by atoms with E-state index in [4.69, 9.17) is 4.74 Å². The van der Waals surface area contributed by atoms with Crippen LogP contribution in [0.3, 0.4) is 0 Å². The average Bonchev–Trinajstić information content (AvgIpc) is 2.75. The summed E-state index contributed by atoms with van der Waals surface area (Å²) in [6.45, 7) is 2.00. The molecule has 0 spiro atoms. The Hall–Kier alpha value is -1.39. The molecule has 3 rings (SSSR count). The van der Waals surface area contributed by atoms with Gasteiger partial charge in [0.15, 0.2) is 5.75 Å². The second-order valence-corrected chi connectivity index (χ2v) is 5.96. The predicted octanol–water partition coefficient (Wildman–Crippen LogP) is 5.16. The first kappa shape index (κ1) is 11.7. The number of hydrogen-bond donors (Lipinski definition) is 0. The van der Waals surface area contributed by atoms with Crippen molar-refractivity contribution in [3.8, 4) is 11.5 Å². The molecule has 0 unspecified atom stereocenters. The molecule has 0 saturated carbocycles. The second-order valence-electron chi connectivity index (χ2n) is 3.87. The molecule has 0 fully saturated rings. The van der Waals surface area contributed by atoms with Crippen LogP contribution in [0, 0.1) is 6.92 Å². The maximum absolute atomic E-state index is 5.93. The van der Waals surface area contributed by atoms with Crippen LogP contribution in [0.1, 0.15) is 5.01 Å². The lowest BCUT2D eigenvalue weighted by Crippen LogP contribution is -1.87. The van der Waals surface area contributed by atoms with Gasteiger partial charge in [-0.05, 0) is 47.1 Å². The van der Waals surface area contributed by atoms with Gasteiger partial charge in [-0.15, -0.1) is 11.3 Å². The van der Waals surface area contributed by atoms with E-state index in [0.717, 1.165) is 31.2 Å². The van der Waals surface area contributed by atoms with E-state index in [1.165, 1.54) is 0 Å². The monoisotopic (exact) mass is 319 g/mol. The summed E-state index contributed by atoms with van der Waals surface area (Å²) in [7, 11) is 0. The maximum Gasteiger partial charge on any atom is 0.168 e. The van der Waals surface area contributed by atoms with E-state index in [-0.39, 0.29) is 0 Å². The predicted molar refractivity (Wildman–Crippen MR) is 78.6 cm³/mol. The molecule has 0 radical (unpaired) electrons. The molecule has 90 valence electrons. The zero-order valence-electron chi connectivity index (χ0n) is 9.68. The van der Waals surface area contributed by atoms with Crippen molar-refractivity contribution in [1.82, 2.24) is 4.98 Å². The van der Waals surface area contributed by atoms with Gasteiger partial charge in [-0.25, -0.2) is 4.98 Å². The normalized spacial score (nSPS) is 10.8. The van der Waals surface area contributed by atoms with Crippen molar-refractivity contribution < 1.29 is 4.74 Å². The van der Waals surface area contributed by atoms with Gasteiger partial charge in [-0.2, -0.15) is 0 Å². The zero-order chi connectivity index (χ0) is 12.5. The van der Waals surface area contributed by atoms with Crippen molar-refractivity contribution in [3.63, 3.8) is 0 Å². The molecule has 0 aliphatic carbocycles.